The summed E-state index contributed by atoms with van der Waals surface area (Å²) in [6.07, 6.45) is 35.0. The first-order valence-electron chi connectivity index (χ1n) is 15.5. The number of hydrogen-bond donors (Lipinski definition) is 0. The van der Waals surface area contributed by atoms with Crippen molar-refractivity contribution in [2.24, 2.45) is 0 Å². The van der Waals surface area contributed by atoms with Crippen molar-refractivity contribution in [1.29, 1.82) is 0 Å². The quantitative estimate of drug-likeness (QED) is 0.0925. The summed E-state index contributed by atoms with van der Waals surface area (Å²) in [7, 11) is 0. The van der Waals surface area contributed by atoms with E-state index in [2.05, 4.69) is 13.8 Å². The van der Waals surface area contributed by atoms with Crippen molar-refractivity contribution in [3.63, 3.8) is 0 Å². The fourth-order valence-electron chi connectivity index (χ4n) is 5.65. The summed E-state index contributed by atoms with van der Waals surface area (Å²) in [5.74, 6) is 0. The van der Waals surface area contributed by atoms with Crippen LogP contribution < -0.4 is 0 Å². The van der Waals surface area contributed by atoms with Crippen molar-refractivity contribution in [2.45, 2.75) is 184 Å². The van der Waals surface area contributed by atoms with Crippen LogP contribution in [0.15, 0.2) is 0 Å². The molecule has 0 bridgehead atoms. The van der Waals surface area contributed by atoms with Gasteiger partial charge < -0.3 is 0 Å². The molecule has 0 N–H and O–H groups in total. The molecule has 0 radical (unpaired) electrons. The van der Waals surface area contributed by atoms with Gasteiger partial charge in [0.05, 0.1) is 0 Å². The molecule has 192 valence electrons. The molecule has 1 rings (SSSR count). The maximum absolute atomic E-state index is 6.64. The van der Waals surface area contributed by atoms with E-state index in [4.69, 9.17) is 3.76 Å². The van der Waals surface area contributed by atoms with Gasteiger partial charge in [-0.2, -0.15) is 0 Å². The third-order valence-corrected chi connectivity index (χ3v) is 17.6. The van der Waals surface area contributed by atoms with Gasteiger partial charge in [-0.15, -0.1) is 0 Å². The fraction of sp³-hybridized carbons (Fsp3) is 1.00. The molecule has 0 aromatic carbocycles. The molecule has 2 heteroatoms. The number of rotatable bonds is 24. The first-order chi connectivity index (χ1) is 15.8. The summed E-state index contributed by atoms with van der Waals surface area (Å²) in [5.41, 5.74) is 0. The SMILES string of the molecule is CCCCCCCCCCCC[CH2][Ge]1([CH2]CCCCCCCCCCCC)[CH2]CCC[O]1. The predicted molar refractivity (Wildman–Crippen MR) is 148 cm³/mol. The molecular formula is C30H62GeO. The van der Waals surface area contributed by atoms with Gasteiger partial charge in [0.15, 0.2) is 0 Å². The Morgan fingerprint density at radius 2 is 0.781 bits per heavy atom. The third-order valence-electron chi connectivity index (χ3n) is 7.91. The van der Waals surface area contributed by atoms with Crippen molar-refractivity contribution in [3.8, 4) is 0 Å². The summed E-state index contributed by atoms with van der Waals surface area (Å²) >= 11 is -1.94. The normalized spacial score (nSPS) is 15.9. The van der Waals surface area contributed by atoms with Crippen molar-refractivity contribution >= 4 is 13.6 Å². The Morgan fingerprint density at radius 1 is 0.438 bits per heavy atom. The Bertz CT molecular complexity index is 336. The van der Waals surface area contributed by atoms with Crippen LogP contribution in [0.2, 0.25) is 15.8 Å². The first kappa shape index (κ1) is 30.5. The molecular weight excluding hydrogens is 449 g/mol. The maximum atomic E-state index is 6.64. The van der Waals surface area contributed by atoms with Gasteiger partial charge in [0.1, 0.15) is 0 Å². The van der Waals surface area contributed by atoms with Gasteiger partial charge in [-0.25, -0.2) is 0 Å². The Kier molecular flexibility index (Phi) is 22.2. The standard InChI is InChI=1S/C30H62GeO/c1-3-5-7-9-11-13-15-17-19-21-23-27-31(29-25-26-30-32-31)28-24-22-20-18-16-14-12-10-8-6-4-2/h3-30H2,1-2H3. The molecule has 0 amide bonds. The van der Waals surface area contributed by atoms with Crippen molar-refractivity contribution in [2.75, 3.05) is 6.61 Å². The zero-order valence-corrected chi connectivity index (χ0v) is 24.8. The average Bonchev–Trinajstić information content (AvgIpc) is 2.82. The second-order valence-electron chi connectivity index (χ2n) is 11.1. The average molecular weight is 511 g/mol. The van der Waals surface area contributed by atoms with Gasteiger partial charge >= 0.3 is 194 Å². The molecule has 1 fully saturated rings. The van der Waals surface area contributed by atoms with Crippen molar-refractivity contribution < 1.29 is 3.76 Å². The van der Waals surface area contributed by atoms with E-state index in [-0.39, 0.29) is 0 Å². The summed E-state index contributed by atoms with van der Waals surface area (Å²) in [4.78, 5) is 0. The zero-order chi connectivity index (χ0) is 23.0. The minimum absolute atomic E-state index is 1.11. The van der Waals surface area contributed by atoms with E-state index < -0.39 is 13.6 Å². The van der Waals surface area contributed by atoms with Gasteiger partial charge in [0, 0.05) is 0 Å². The fourth-order valence-corrected chi connectivity index (χ4v) is 15.0. The van der Waals surface area contributed by atoms with E-state index >= 15 is 0 Å². The van der Waals surface area contributed by atoms with Crippen molar-refractivity contribution in [1.82, 2.24) is 0 Å². The summed E-state index contributed by atoms with van der Waals surface area (Å²) < 4.78 is 6.64. The van der Waals surface area contributed by atoms with E-state index in [1.807, 2.05) is 0 Å². The second kappa shape index (κ2) is 23.3. The van der Waals surface area contributed by atoms with Gasteiger partial charge in [-0.05, 0) is 0 Å². The summed E-state index contributed by atoms with van der Waals surface area (Å²) in [6, 6.07) is 0. The molecule has 0 spiro atoms. The van der Waals surface area contributed by atoms with Crippen LogP contribution in [0.4, 0.5) is 0 Å². The van der Waals surface area contributed by atoms with E-state index in [1.165, 1.54) is 170 Å². The van der Waals surface area contributed by atoms with Crippen LogP contribution in [-0.4, -0.2) is 20.2 Å². The van der Waals surface area contributed by atoms with Crippen LogP contribution in [-0.2, 0) is 3.76 Å². The van der Waals surface area contributed by atoms with Crippen LogP contribution in [0.5, 0.6) is 0 Å². The van der Waals surface area contributed by atoms with Crippen LogP contribution in [0.3, 0.4) is 0 Å². The Hall–Kier alpha value is 0.503. The van der Waals surface area contributed by atoms with Gasteiger partial charge in [-0.1, -0.05) is 13.8 Å². The van der Waals surface area contributed by atoms with Crippen LogP contribution in [0.25, 0.3) is 0 Å². The monoisotopic (exact) mass is 512 g/mol. The molecule has 0 aliphatic carbocycles. The Labute approximate surface area is 207 Å². The van der Waals surface area contributed by atoms with E-state index in [1.54, 1.807) is 0 Å². The van der Waals surface area contributed by atoms with E-state index in [0.717, 1.165) is 6.61 Å². The van der Waals surface area contributed by atoms with Crippen LogP contribution in [0.1, 0.15) is 168 Å². The van der Waals surface area contributed by atoms with Crippen LogP contribution in [0, 0.1) is 0 Å². The molecule has 0 atom stereocenters. The van der Waals surface area contributed by atoms with E-state index in [0.29, 0.717) is 0 Å². The van der Waals surface area contributed by atoms with Crippen molar-refractivity contribution in [3.05, 3.63) is 0 Å². The topological polar surface area (TPSA) is 9.23 Å². The second-order valence-corrected chi connectivity index (χ2v) is 19.8. The predicted octanol–water partition coefficient (Wildman–Crippen LogP) is 11.4. The first-order valence-corrected chi connectivity index (χ1v) is 20.8. The van der Waals surface area contributed by atoms with E-state index in [9.17, 15) is 0 Å². The molecule has 0 saturated carbocycles. The Morgan fingerprint density at radius 3 is 1.09 bits per heavy atom. The molecule has 32 heavy (non-hydrogen) atoms. The molecule has 1 aliphatic heterocycles. The molecule has 1 aliphatic rings. The molecule has 0 aromatic heterocycles. The number of hydrogen-bond acceptors (Lipinski definition) is 1. The van der Waals surface area contributed by atoms with Gasteiger partial charge in [-0.3, -0.25) is 0 Å². The summed E-state index contributed by atoms with van der Waals surface area (Å²) in [5, 5.41) is 4.57. The molecule has 1 saturated heterocycles. The minimum atomic E-state index is -1.94. The molecule has 0 aromatic rings. The summed E-state index contributed by atoms with van der Waals surface area (Å²) in [6.45, 7) is 5.73. The zero-order valence-electron chi connectivity index (χ0n) is 22.7. The Balaban J connectivity index is 2.00. The molecule has 1 nitrogen and oxygen atoms in total. The molecule has 0 unspecified atom stereocenters. The van der Waals surface area contributed by atoms with Crippen LogP contribution >= 0.6 is 0 Å². The molecule has 1 heterocycles. The van der Waals surface area contributed by atoms with Gasteiger partial charge in [0.25, 0.3) is 0 Å². The third kappa shape index (κ3) is 17.9. The van der Waals surface area contributed by atoms with Gasteiger partial charge in [0.2, 0.25) is 0 Å². The number of unbranched alkanes of at least 4 members (excludes halogenated alkanes) is 20.